The zero-order chi connectivity index (χ0) is 12.7. The standard InChI is InChI=1S/C14H27NO2/c1-4-5-6-7-8-9-14(16)15-10-13(3)17-11-12(15)2/h12-13H,4-11H2,1-3H3/t12-,13-/m1/s1. The number of carbonyl (C=O) groups excluding carboxylic acids is 1. The van der Waals surface area contributed by atoms with Crippen LogP contribution in [0.3, 0.4) is 0 Å². The summed E-state index contributed by atoms with van der Waals surface area (Å²) in [4.78, 5) is 14.1. The van der Waals surface area contributed by atoms with Crippen LogP contribution in [0.5, 0.6) is 0 Å². The van der Waals surface area contributed by atoms with Crippen LogP contribution < -0.4 is 0 Å². The van der Waals surface area contributed by atoms with Crippen LogP contribution in [0, 0.1) is 0 Å². The van der Waals surface area contributed by atoms with E-state index in [-0.39, 0.29) is 12.1 Å². The normalized spacial score (nSPS) is 25.0. The number of amides is 1. The van der Waals surface area contributed by atoms with Crippen molar-refractivity contribution >= 4 is 5.91 Å². The van der Waals surface area contributed by atoms with Crippen molar-refractivity contribution in [2.24, 2.45) is 0 Å². The van der Waals surface area contributed by atoms with Gasteiger partial charge in [-0.1, -0.05) is 32.6 Å². The summed E-state index contributed by atoms with van der Waals surface area (Å²) in [6.07, 6.45) is 6.94. The topological polar surface area (TPSA) is 29.5 Å². The van der Waals surface area contributed by atoms with Gasteiger partial charge in [0.05, 0.1) is 18.8 Å². The van der Waals surface area contributed by atoms with Crippen molar-refractivity contribution in [1.82, 2.24) is 4.90 Å². The van der Waals surface area contributed by atoms with Gasteiger partial charge in [0.2, 0.25) is 5.91 Å². The van der Waals surface area contributed by atoms with Crippen LogP contribution in [-0.4, -0.2) is 36.1 Å². The summed E-state index contributed by atoms with van der Waals surface area (Å²) in [5.41, 5.74) is 0. The highest BCUT2D eigenvalue weighted by Gasteiger charge is 2.26. The molecule has 3 heteroatoms. The zero-order valence-corrected chi connectivity index (χ0v) is 11.6. The van der Waals surface area contributed by atoms with E-state index in [2.05, 4.69) is 13.8 Å². The van der Waals surface area contributed by atoms with E-state index in [1.54, 1.807) is 0 Å². The van der Waals surface area contributed by atoms with Crippen LogP contribution in [0.25, 0.3) is 0 Å². The van der Waals surface area contributed by atoms with Gasteiger partial charge in [-0.2, -0.15) is 0 Å². The van der Waals surface area contributed by atoms with Crippen molar-refractivity contribution in [3.63, 3.8) is 0 Å². The van der Waals surface area contributed by atoms with Gasteiger partial charge in [0, 0.05) is 13.0 Å². The Hall–Kier alpha value is -0.570. The molecule has 0 aromatic rings. The minimum atomic E-state index is 0.190. The Labute approximate surface area is 106 Å². The molecule has 0 aliphatic carbocycles. The van der Waals surface area contributed by atoms with E-state index in [0.717, 1.165) is 13.0 Å². The molecule has 17 heavy (non-hydrogen) atoms. The van der Waals surface area contributed by atoms with Crippen LogP contribution in [0.1, 0.15) is 59.3 Å². The predicted molar refractivity (Wildman–Crippen MR) is 70.0 cm³/mol. The number of nitrogens with zero attached hydrogens (tertiary/aromatic N) is 1. The largest absolute Gasteiger partial charge is 0.375 e. The SMILES string of the molecule is CCCCCCCC(=O)N1C[C@@H](C)OC[C@H]1C. The Morgan fingerprint density at radius 3 is 2.65 bits per heavy atom. The van der Waals surface area contributed by atoms with E-state index >= 15 is 0 Å². The number of carbonyl (C=O) groups is 1. The van der Waals surface area contributed by atoms with Gasteiger partial charge in [-0.25, -0.2) is 0 Å². The first-order valence-corrected chi connectivity index (χ1v) is 7.06. The van der Waals surface area contributed by atoms with Crippen molar-refractivity contribution in [3.8, 4) is 0 Å². The van der Waals surface area contributed by atoms with Crippen LogP contribution in [0.15, 0.2) is 0 Å². The van der Waals surface area contributed by atoms with Crippen molar-refractivity contribution in [2.75, 3.05) is 13.2 Å². The maximum Gasteiger partial charge on any atom is 0.222 e. The third-order valence-electron chi connectivity index (χ3n) is 3.42. The molecule has 0 bridgehead atoms. The third kappa shape index (κ3) is 5.07. The van der Waals surface area contributed by atoms with Gasteiger partial charge in [0.25, 0.3) is 0 Å². The summed E-state index contributed by atoms with van der Waals surface area (Å²) in [6, 6.07) is 0.245. The fourth-order valence-electron chi connectivity index (χ4n) is 2.27. The monoisotopic (exact) mass is 241 g/mol. The first-order chi connectivity index (χ1) is 8.15. The maximum atomic E-state index is 12.1. The molecule has 0 radical (unpaired) electrons. The molecular weight excluding hydrogens is 214 g/mol. The fraction of sp³-hybridized carbons (Fsp3) is 0.929. The number of rotatable bonds is 6. The molecule has 0 saturated carbocycles. The highest BCUT2D eigenvalue weighted by atomic mass is 16.5. The fourth-order valence-corrected chi connectivity index (χ4v) is 2.27. The molecule has 1 rings (SSSR count). The number of morpholine rings is 1. The minimum Gasteiger partial charge on any atom is -0.375 e. The van der Waals surface area contributed by atoms with Crippen LogP contribution in [0.2, 0.25) is 0 Å². The lowest BCUT2D eigenvalue weighted by molar-refractivity contribution is -0.143. The molecular formula is C14H27NO2. The lowest BCUT2D eigenvalue weighted by atomic mass is 10.1. The highest BCUT2D eigenvalue weighted by Crippen LogP contribution is 2.14. The first-order valence-electron chi connectivity index (χ1n) is 7.06. The summed E-state index contributed by atoms with van der Waals surface area (Å²) in [5, 5.41) is 0. The molecule has 100 valence electrons. The van der Waals surface area contributed by atoms with Gasteiger partial charge in [-0.05, 0) is 20.3 Å². The molecule has 0 aromatic heterocycles. The Morgan fingerprint density at radius 2 is 1.94 bits per heavy atom. The second-order valence-corrected chi connectivity index (χ2v) is 5.20. The second-order valence-electron chi connectivity index (χ2n) is 5.20. The minimum absolute atomic E-state index is 0.190. The molecule has 1 saturated heterocycles. The average Bonchev–Trinajstić information content (AvgIpc) is 2.32. The number of hydrogen-bond acceptors (Lipinski definition) is 2. The Bertz CT molecular complexity index is 230. The van der Waals surface area contributed by atoms with Gasteiger partial charge in [0.1, 0.15) is 0 Å². The first kappa shape index (κ1) is 14.5. The van der Waals surface area contributed by atoms with Gasteiger partial charge in [-0.3, -0.25) is 4.79 Å². The lowest BCUT2D eigenvalue weighted by Gasteiger charge is -2.36. The lowest BCUT2D eigenvalue weighted by Crippen LogP contribution is -2.50. The zero-order valence-electron chi connectivity index (χ0n) is 11.6. The van der Waals surface area contributed by atoms with E-state index in [0.29, 0.717) is 18.9 Å². The molecule has 1 amide bonds. The van der Waals surface area contributed by atoms with E-state index in [4.69, 9.17) is 4.74 Å². The van der Waals surface area contributed by atoms with E-state index in [1.165, 1.54) is 25.7 Å². The van der Waals surface area contributed by atoms with Crippen LogP contribution in [-0.2, 0) is 9.53 Å². The molecule has 1 heterocycles. The van der Waals surface area contributed by atoms with Gasteiger partial charge >= 0.3 is 0 Å². The van der Waals surface area contributed by atoms with Crippen LogP contribution in [0.4, 0.5) is 0 Å². The van der Waals surface area contributed by atoms with Gasteiger partial charge < -0.3 is 9.64 Å². The number of hydrogen-bond donors (Lipinski definition) is 0. The summed E-state index contributed by atoms with van der Waals surface area (Å²) in [7, 11) is 0. The second kappa shape index (κ2) is 7.70. The smallest absolute Gasteiger partial charge is 0.222 e. The Kier molecular flexibility index (Phi) is 6.56. The Balaban J connectivity index is 2.21. The van der Waals surface area contributed by atoms with Crippen molar-refractivity contribution in [1.29, 1.82) is 0 Å². The molecule has 2 atom stereocenters. The average molecular weight is 241 g/mol. The van der Waals surface area contributed by atoms with E-state index < -0.39 is 0 Å². The number of unbranched alkanes of at least 4 members (excludes halogenated alkanes) is 4. The Morgan fingerprint density at radius 1 is 1.24 bits per heavy atom. The maximum absolute atomic E-state index is 12.1. The summed E-state index contributed by atoms with van der Waals surface area (Å²) < 4.78 is 5.53. The van der Waals surface area contributed by atoms with Gasteiger partial charge in [-0.15, -0.1) is 0 Å². The van der Waals surface area contributed by atoms with Gasteiger partial charge in [0.15, 0.2) is 0 Å². The molecule has 1 fully saturated rings. The summed E-state index contributed by atoms with van der Waals surface area (Å²) in [5.74, 6) is 0.309. The molecule has 3 nitrogen and oxygen atoms in total. The molecule has 1 aliphatic rings. The summed E-state index contributed by atoms with van der Waals surface area (Å²) >= 11 is 0. The van der Waals surface area contributed by atoms with E-state index in [9.17, 15) is 4.79 Å². The van der Waals surface area contributed by atoms with Crippen molar-refractivity contribution in [2.45, 2.75) is 71.4 Å². The molecule has 0 spiro atoms. The molecule has 1 aliphatic heterocycles. The number of ether oxygens (including phenoxy) is 1. The quantitative estimate of drug-likeness (QED) is 0.669. The van der Waals surface area contributed by atoms with Crippen molar-refractivity contribution in [3.05, 3.63) is 0 Å². The molecule has 0 N–H and O–H groups in total. The summed E-state index contributed by atoms with van der Waals surface area (Å²) in [6.45, 7) is 7.76. The molecule has 0 unspecified atom stereocenters. The predicted octanol–water partition coefficient (Wildman–Crippen LogP) is 2.98. The van der Waals surface area contributed by atoms with Crippen molar-refractivity contribution < 1.29 is 9.53 Å². The van der Waals surface area contributed by atoms with E-state index in [1.807, 2.05) is 11.8 Å². The third-order valence-corrected chi connectivity index (χ3v) is 3.42. The molecule has 0 aromatic carbocycles. The highest BCUT2D eigenvalue weighted by molar-refractivity contribution is 5.76. The van der Waals surface area contributed by atoms with Crippen LogP contribution >= 0.6 is 0 Å².